The van der Waals surface area contributed by atoms with Crippen LogP contribution in [0.2, 0.25) is 5.02 Å². The van der Waals surface area contributed by atoms with Crippen LogP contribution in [0.25, 0.3) is 0 Å². The Kier molecular flexibility index (Phi) is 4.12. The van der Waals surface area contributed by atoms with Crippen molar-refractivity contribution in [1.29, 1.82) is 0 Å². The van der Waals surface area contributed by atoms with E-state index in [1.807, 2.05) is 13.0 Å². The van der Waals surface area contributed by atoms with Gasteiger partial charge in [-0.1, -0.05) is 27.5 Å². The summed E-state index contributed by atoms with van der Waals surface area (Å²) in [6, 6.07) is 10.4. The van der Waals surface area contributed by atoms with Gasteiger partial charge in [0.1, 0.15) is 0 Å². The van der Waals surface area contributed by atoms with E-state index < -0.39 is 0 Å². The molecule has 0 atom stereocenters. The van der Waals surface area contributed by atoms with Crippen LogP contribution in [0, 0.1) is 6.92 Å². The molecule has 0 aromatic heterocycles. The Hall–Kier alpha value is -1.52. The number of anilines is 2. The summed E-state index contributed by atoms with van der Waals surface area (Å²) < 4.78 is 0.866. The van der Waals surface area contributed by atoms with Crippen LogP contribution in [0.4, 0.5) is 11.4 Å². The van der Waals surface area contributed by atoms with Crippen molar-refractivity contribution in [3.8, 4) is 0 Å². The van der Waals surface area contributed by atoms with E-state index in [4.69, 9.17) is 17.3 Å². The average Bonchev–Trinajstić information content (AvgIpc) is 2.36. The van der Waals surface area contributed by atoms with Crippen LogP contribution in [0.1, 0.15) is 15.9 Å². The molecule has 2 aromatic rings. The van der Waals surface area contributed by atoms with Gasteiger partial charge in [-0.3, -0.25) is 4.79 Å². The minimum absolute atomic E-state index is 0.214. The third kappa shape index (κ3) is 3.28. The number of amides is 1. The summed E-state index contributed by atoms with van der Waals surface area (Å²) in [5.74, 6) is -0.214. The van der Waals surface area contributed by atoms with Crippen molar-refractivity contribution < 1.29 is 4.79 Å². The summed E-state index contributed by atoms with van der Waals surface area (Å²) in [7, 11) is 0. The molecule has 0 bridgehead atoms. The maximum Gasteiger partial charge on any atom is 0.255 e. The molecule has 19 heavy (non-hydrogen) atoms. The molecule has 0 saturated carbocycles. The topological polar surface area (TPSA) is 55.1 Å². The van der Waals surface area contributed by atoms with Gasteiger partial charge in [-0.05, 0) is 48.9 Å². The Morgan fingerprint density at radius 1 is 1.26 bits per heavy atom. The monoisotopic (exact) mass is 338 g/mol. The highest BCUT2D eigenvalue weighted by molar-refractivity contribution is 9.10. The van der Waals surface area contributed by atoms with Gasteiger partial charge < -0.3 is 11.1 Å². The number of benzene rings is 2. The first-order valence-electron chi connectivity index (χ1n) is 5.60. The molecular weight excluding hydrogens is 328 g/mol. The second-order valence-electron chi connectivity index (χ2n) is 4.15. The Bertz CT molecular complexity index is 643. The van der Waals surface area contributed by atoms with E-state index in [1.54, 1.807) is 30.3 Å². The number of nitrogen functional groups attached to an aromatic ring is 1. The SMILES string of the molecule is Cc1cc(C(=O)Nc2ccc(Br)cc2N)ccc1Cl. The first-order chi connectivity index (χ1) is 8.97. The molecule has 0 saturated heterocycles. The second-order valence-corrected chi connectivity index (χ2v) is 5.47. The summed E-state index contributed by atoms with van der Waals surface area (Å²) >= 11 is 9.25. The third-order valence-corrected chi connectivity index (χ3v) is 3.60. The van der Waals surface area contributed by atoms with Gasteiger partial charge >= 0.3 is 0 Å². The molecule has 0 aliphatic heterocycles. The largest absolute Gasteiger partial charge is 0.397 e. The minimum atomic E-state index is -0.214. The zero-order chi connectivity index (χ0) is 14.0. The van der Waals surface area contributed by atoms with Crippen LogP contribution in [-0.4, -0.2) is 5.91 Å². The van der Waals surface area contributed by atoms with E-state index in [2.05, 4.69) is 21.2 Å². The number of carbonyl (C=O) groups excluding carboxylic acids is 1. The standard InChI is InChI=1S/C14H12BrClN2O/c1-8-6-9(2-4-11(8)16)14(19)18-13-5-3-10(15)7-12(13)17/h2-7H,17H2,1H3,(H,18,19). The first-order valence-corrected chi connectivity index (χ1v) is 6.77. The molecule has 1 amide bonds. The second kappa shape index (κ2) is 5.63. The van der Waals surface area contributed by atoms with Gasteiger partial charge in [0.05, 0.1) is 11.4 Å². The van der Waals surface area contributed by atoms with Crippen LogP contribution in [0.5, 0.6) is 0 Å². The zero-order valence-corrected chi connectivity index (χ0v) is 12.5. The number of carbonyl (C=O) groups is 1. The maximum absolute atomic E-state index is 12.1. The van der Waals surface area contributed by atoms with E-state index in [1.165, 1.54) is 0 Å². The third-order valence-electron chi connectivity index (χ3n) is 2.68. The molecule has 0 aliphatic carbocycles. The van der Waals surface area contributed by atoms with Crippen molar-refractivity contribution in [2.45, 2.75) is 6.92 Å². The smallest absolute Gasteiger partial charge is 0.255 e. The highest BCUT2D eigenvalue weighted by Crippen LogP contribution is 2.24. The predicted molar refractivity (Wildman–Crippen MR) is 82.7 cm³/mol. The zero-order valence-electron chi connectivity index (χ0n) is 10.2. The molecule has 0 unspecified atom stereocenters. The van der Waals surface area contributed by atoms with Crippen LogP contribution in [0.15, 0.2) is 40.9 Å². The van der Waals surface area contributed by atoms with Crippen LogP contribution < -0.4 is 11.1 Å². The van der Waals surface area contributed by atoms with Crippen molar-refractivity contribution in [3.05, 3.63) is 57.0 Å². The Labute approximate surface area is 124 Å². The Balaban J connectivity index is 2.23. The normalized spacial score (nSPS) is 10.3. The molecule has 5 heteroatoms. The van der Waals surface area contributed by atoms with E-state index in [0.717, 1.165) is 10.0 Å². The number of halogens is 2. The summed E-state index contributed by atoms with van der Waals surface area (Å²) in [5, 5.41) is 3.41. The van der Waals surface area contributed by atoms with Crippen molar-refractivity contribution in [2.75, 3.05) is 11.1 Å². The van der Waals surface area contributed by atoms with Gasteiger partial charge in [0, 0.05) is 15.1 Å². The molecule has 2 rings (SSSR count). The number of nitrogens with one attached hydrogen (secondary N) is 1. The Morgan fingerprint density at radius 3 is 2.63 bits per heavy atom. The fraction of sp³-hybridized carbons (Fsp3) is 0.0714. The number of aryl methyl sites for hydroxylation is 1. The van der Waals surface area contributed by atoms with Gasteiger partial charge in [-0.15, -0.1) is 0 Å². The Morgan fingerprint density at radius 2 is 2.00 bits per heavy atom. The summed E-state index contributed by atoms with van der Waals surface area (Å²) in [5.41, 5.74) is 8.33. The summed E-state index contributed by atoms with van der Waals surface area (Å²) in [6.45, 7) is 1.85. The fourth-order valence-electron chi connectivity index (χ4n) is 1.63. The summed E-state index contributed by atoms with van der Waals surface area (Å²) in [6.07, 6.45) is 0. The van der Waals surface area contributed by atoms with Gasteiger partial charge in [0.2, 0.25) is 0 Å². The quantitative estimate of drug-likeness (QED) is 0.804. The first kappa shape index (κ1) is 13.9. The summed E-state index contributed by atoms with van der Waals surface area (Å²) in [4.78, 5) is 12.1. The van der Waals surface area contributed by atoms with Gasteiger partial charge in [0.15, 0.2) is 0 Å². The van der Waals surface area contributed by atoms with Crippen LogP contribution >= 0.6 is 27.5 Å². The van der Waals surface area contributed by atoms with Gasteiger partial charge in [0.25, 0.3) is 5.91 Å². The number of nitrogens with two attached hydrogens (primary N) is 1. The van der Waals surface area contributed by atoms with Crippen LogP contribution in [0.3, 0.4) is 0 Å². The lowest BCUT2D eigenvalue weighted by molar-refractivity contribution is 0.102. The van der Waals surface area contributed by atoms with E-state index in [9.17, 15) is 4.79 Å². The van der Waals surface area contributed by atoms with Gasteiger partial charge in [-0.25, -0.2) is 0 Å². The molecule has 0 spiro atoms. The molecule has 0 heterocycles. The van der Waals surface area contributed by atoms with Gasteiger partial charge in [-0.2, -0.15) is 0 Å². The molecule has 3 nitrogen and oxygen atoms in total. The maximum atomic E-state index is 12.1. The van der Waals surface area contributed by atoms with Crippen molar-refractivity contribution in [2.24, 2.45) is 0 Å². The molecule has 98 valence electrons. The predicted octanol–water partition coefficient (Wildman–Crippen LogP) is 4.25. The molecule has 3 N–H and O–H groups in total. The molecule has 0 radical (unpaired) electrons. The number of hydrogen-bond donors (Lipinski definition) is 2. The van der Waals surface area contributed by atoms with Crippen molar-refractivity contribution in [1.82, 2.24) is 0 Å². The number of rotatable bonds is 2. The molecule has 0 aliphatic rings. The van der Waals surface area contributed by atoms with E-state index in [0.29, 0.717) is 22.0 Å². The van der Waals surface area contributed by atoms with E-state index >= 15 is 0 Å². The minimum Gasteiger partial charge on any atom is -0.397 e. The molecule has 2 aromatic carbocycles. The lowest BCUT2D eigenvalue weighted by Crippen LogP contribution is -2.13. The lowest BCUT2D eigenvalue weighted by atomic mass is 10.1. The molecule has 0 fully saturated rings. The average molecular weight is 340 g/mol. The van der Waals surface area contributed by atoms with Crippen molar-refractivity contribution >= 4 is 44.8 Å². The van der Waals surface area contributed by atoms with E-state index in [-0.39, 0.29) is 5.91 Å². The number of hydrogen-bond acceptors (Lipinski definition) is 2. The highest BCUT2D eigenvalue weighted by atomic mass is 79.9. The van der Waals surface area contributed by atoms with Crippen molar-refractivity contribution in [3.63, 3.8) is 0 Å². The lowest BCUT2D eigenvalue weighted by Gasteiger charge is -2.09. The highest BCUT2D eigenvalue weighted by Gasteiger charge is 2.09. The molecular formula is C14H12BrClN2O. The fourth-order valence-corrected chi connectivity index (χ4v) is 2.12. The van der Waals surface area contributed by atoms with Crippen LogP contribution in [-0.2, 0) is 0 Å².